The minimum Gasteiger partial charge on any atom is -0.478 e. The molecule has 0 saturated heterocycles. The summed E-state index contributed by atoms with van der Waals surface area (Å²) in [5.74, 6) is -0.226. The minimum atomic E-state index is -3.90. The van der Waals surface area contributed by atoms with E-state index in [1.807, 2.05) is 0 Å². The number of allylic oxidation sites excluding steroid dienone is 1. The number of aliphatic hydroxyl groups is 1. The van der Waals surface area contributed by atoms with E-state index in [-0.39, 0.29) is 16.6 Å². The first kappa shape index (κ1) is 25.0. The number of nitrogens with zero attached hydrogens (tertiary/aromatic N) is 5. The Morgan fingerprint density at radius 2 is 1.78 bits per heavy atom. The maximum absolute atomic E-state index is 13.1. The molecular weight excluding hydrogens is 482 g/mol. The Bertz CT molecular complexity index is 1420. The molecule has 0 bridgehead atoms. The lowest BCUT2D eigenvalue weighted by Gasteiger charge is -2.19. The van der Waals surface area contributed by atoms with Crippen LogP contribution in [-0.4, -0.2) is 60.5 Å². The van der Waals surface area contributed by atoms with E-state index in [2.05, 4.69) is 15.1 Å². The second-order valence-corrected chi connectivity index (χ2v) is 9.91. The van der Waals surface area contributed by atoms with Crippen LogP contribution in [0.25, 0.3) is 0 Å². The highest BCUT2D eigenvalue weighted by atomic mass is 32.2. The highest BCUT2D eigenvalue weighted by molar-refractivity contribution is 7.92. The topological polar surface area (TPSA) is 125 Å². The Labute approximate surface area is 209 Å². The number of anilines is 1. The zero-order valence-electron chi connectivity index (χ0n) is 19.9. The predicted molar refractivity (Wildman–Crippen MR) is 134 cm³/mol. The molecule has 3 aromatic rings. The van der Waals surface area contributed by atoms with E-state index < -0.39 is 22.2 Å². The normalized spacial score (nSPS) is 16.7. The van der Waals surface area contributed by atoms with E-state index in [0.717, 1.165) is 14.9 Å². The van der Waals surface area contributed by atoms with Gasteiger partial charge < -0.3 is 9.84 Å². The lowest BCUT2D eigenvalue weighted by atomic mass is 10.1. The number of aliphatic hydroxyl groups excluding tert-OH is 1. The molecule has 1 aromatic heterocycles. The minimum absolute atomic E-state index is 0.0763. The van der Waals surface area contributed by atoms with E-state index in [1.165, 1.54) is 38.7 Å². The number of hydrogen-bond acceptors (Lipinski definition) is 8. The first-order valence-corrected chi connectivity index (χ1v) is 12.4. The van der Waals surface area contributed by atoms with Gasteiger partial charge in [-0.1, -0.05) is 36.4 Å². The summed E-state index contributed by atoms with van der Waals surface area (Å²) in [5.41, 5.74) is 2.29. The van der Waals surface area contributed by atoms with Gasteiger partial charge in [0.1, 0.15) is 0 Å². The number of amides is 1. The maximum Gasteiger partial charge on any atom is 0.276 e. The van der Waals surface area contributed by atoms with E-state index in [9.17, 15) is 18.3 Å². The zero-order chi connectivity index (χ0) is 25.9. The number of carbonyl (C=O) groups excluding carboxylic acids is 1. The molecule has 1 amide bonds. The Morgan fingerprint density at radius 1 is 1.11 bits per heavy atom. The molecule has 0 spiro atoms. The first-order valence-electron chi connectivity index (χ1n) is 11.0. The molecule has 4 rings (SSSR count). The molecule has 0 saturated carbocycles. The fraction of sp³-hybridized carbons (Fsp3) is 0.200. The predicted octanol–water partition coefficient (Wildman–Crippen LogP) is 2.63. The van der Waals surface area contributed by atoms with Gasteiger partial charge in [-0.3, -0.25) is 4.79 Å². The van der Waals surface area contributed by atoms with Crippen molar-refractivity contribution >= 4 is 27.5 Å². The number of aromatic nitrogens is 2. The van der Waals surface area contributed by atoms with Crippen LogP contribution in [0.2, 0.25) is 0 Å². The summed E-state index contributed by atoms with van der Waals surface area (Å²) >= 11 is 0. The molecule has 2 aromatic carbocycles. The van der Waals surface area contributed by atoms with Crippen LogP contribution in [0, 0.1) is 0 Å². The second kappa shape index (κ2) is 10.3. The number of ether oxygens (including phenoxy) is 1. The Morgan fingerprint density at radius 3 is 2.44 bits per heavy atom. The van der Waals surface area contributed by atoms with Crippen LogP contribution in [0.1, 0.15) is 22.8 Å². The van der Waals surface area contributed by atoms with Crippen molar-refractivity contribution < 1.29 is 23.1 Å². The number of hydrazone groups is 1. The van der Waals surface area contributed by atoms with Gasteiger partial charge in [-0.2, -0.15) is 10.1 Å². The summed E-state index contributed by atoms with van der Waals surface area (Å²) in [7, 11) is -1.13. The van der Waals surface area contributed by atoms with Crippen LogP contribution < -0.4 is 9.04 Å². The van der Waals surface area contributed by atoms with Gasteiger partial charge in [0.15, 0.2) is 6.23 Å². The molecule has 1 aliphatic heterocycles. The monoisotopic (exact) mass is 507 g/mol. The average molecular weight is 508 g/mol. The average Bonchev–Trinajstić information content (AvgIpc) is 3.19. The highest BCUT2D eigenvalue weighted by Gasteiger charge is 2.33. The van der Waals surface area contributed by atoms with Crippen LogP contribution in [0.5, 0.6) is 5.88 Å². The summed E-state index contributed by atoms with van der Waals surface area (Å²) in [6, 6.07) is 15.0. The van der Waals surface area contributed by atoms with Crippen molar-refractivity contribution in [3.05, 3.63) is 89.8 Å². The van der Waals surface area contributed by atoms with Crippen molar-refractivity contribution in [1.82, 2.24) is 15.0 Å². The smallest absolute Gasteiger partial charge is 0.276 e. The lowest BCUT2D eigenvalue weighted by Crippen LogP contribution is -2.33. The molecule has 0 fully saturated rings. The van der Waals surface area contributed by atoms with Crippen molar-refractivity contribution in [2.24, 2.45) is 5.10 Å². The summed E-state index contributed by atoms with van der Waals surface area (Å²) in [4.78, 5) is 20.9. The van der Waals surface area contributed by atoms with Crippen LogP contribution >= 0.6 is 0 Å². The highest BCUT2D eigenvalue weighted by Crippen LogP contribution is 2.27. The van der Waals surface area contributed by atoms with Crippen molar-refractivity contribution in [2.45, 2.75) is 24.5 Å². The Kier molecular flexibility index (Phi) is 7.13. The third kappa shape index (κ3) is 4.83. The van der Waals surface area contributed by atoms with Crippen molar-refractivity contribution in [1.29, 1.82) is 0 Å². The van der Waals surface area contributed by atoms with Crippen molar-refractivity contribution in [3.8, 4) is 5.88 Å². The number of carbonyl (C=O) groups is 1. The molecule has 1 aliphatic rings. The molecule has 2 heterocycles. The van der Waals surface area contributed by atoms with Gasteiger partial charge in [0.2, 0.25) is 5.82 Å². The Hall–Kier alpha value is -4.09. The number of methoxy groups -OCH3 is 1. The fourth-order valence-corrected chi connectivity index (χ4v) is 4.84. The number of sulfonamides is 1. The molecule has 186 valence electrons. The summed E-state index contributed by atoms with van der Waals surface area (Å²) < 4.78 is 32.3. The van der Waals surface area contributed by atoms with Gasteiger partial charge in [0, 0.05) is 30.6 Å². The Balaban J connectivity index is 1.48. The summed E-state index contributed by atoms with van der Waals surface area (Å²) in [5, 5.41) is 16.0. The number of benzene rings is 2. The van der Waals surface area contributed by atoms with Gasteiger partial charge in [0.25, 0.3) is 21.8 Å². The lowest BCUT2D eigenvalue weighted by molar-refractivity contribution is 0.0344. The van der Waals surface area contributed by atoms with E-state index >= 15 is 0 Å². The largest absolute Gasteiger partial charge is 0.478 e. The molecular formula is C25H25N5O5S. The number of hydrogen-bond donors (Lipinski definition) is 1. The molecule has 1 atom stereocenters. The van der Waals surface area contributed by atoms with Gasteiger partial charge in [-0.15, -0.1) is 0 Å². The maximum atomic E-state index is 13.1. The molecule has 11 heteroatoms. The quantitative estimate of drug-likeness (QED) is 0.521. The summed E-state index contributed by atoms with van der Waals surface area (Å²) in [6.07, 6.45) is 3.78. The van der Waals surface area contributed by atoms with Crippen molar-refractivity contribution in [2.75, 3.05) is 18.5 Å². The molecule has 0 radical (unpaired) electrons. The molecule has 1 N–H and O–H groups in total. The molecule has 0 aliphatic carbocycles. The number of rotatable bonds is 7. The standard InChI is InChI=1S/C25H25N5O5S/c1-17-21(25(32)30(28-17)24(31)19-7-5-4-6-8-19)14-11-18-9-12-20(13-10-18)36(33,34)29(2)22-23(35-3)27-16-15-26-22/h4-10,12-16,25,32H,11H2,1-3H3/b21-14+. The van der Waals surface area contributed by atoms with Crippen LogP contribution in [-0.2, 0) is 16.4 Å². The van der Waals surface area contributed by atoms with Gasteiger partial charge >= 0.3 is 0 Å². The fourth-order valence-electron chi connectivity index (χ4n) is 3.69. The summed E-state index contributed by atoms with van der Waals surface area (Å²) in [6.45, 7) is 1.72. The van der Waals surface area contributed by atoms with Crippen LogP contribution in [0.3, 0.4) is 0 Å². The van der Waals surface area contributed by atoms with Gasteiger partial charge in [-0.25, -0.2) is 22.7 Å². The van der Waals surface area contributed by atoms with Crippen LogP contribution in [0.4, 0.5) is 5.82 Å². The van der Waals surface area contributed by atoms with E-state index in [0.29, 0.717) is 23.3 Å². The third-order valence-electron chi connectivity index (χ3n) is 5.69. The van der Waals surface area contributed by atoms with Gasteiger partial charge in [-0.05, 0) is 43.2 Å². The zero-order valence-corrected chi connectivity index (χ0v) is 20.8. The molecule has 1 unspecified atom stereocenters. The van der Waals surface area contributed by atoms with E-state index in [4.69, 9.17) is 4.74 Å². The van der Waals surface area contributed by atoms with Crippen LogP contribution in [0.15, 0.2) is 88.6 Å². The first-order chi connectivity index (χ1) is 17.2. The van der Waals surface area contributed by atoms with Crippen molar-refractivity contribution in [3.63, 3.8) is 0 Å². The van der Waals surface area contributed by atoms with Gasteiger partial charge in [0.05, 0.1) is 17.7 Å². The second-order valence-electron chi connectivity index (χ2n) is 7.94. The SMILES string of the molecule is COc1nccnc1N(C)S(=O)(=O)c1ccc(C/C=C2\C(C)=NN(C(=O)c3ccccc3)C2O)cc1. The molecule has 36 heavy (non-hydrogen) atoms. The third-order valence-corrected chi connectivity index (χ3v) is 7.45. The van der Waals surface area contributed by atoms with E-state index in [1.54, 1.807) is 55.5 Å². The molecule has 10 nitrogen and oxygen atoms in total.